The fraction of sp³-hybridized carbons (Fsp3) is 0. The number of anilines is 3. The van der Waals surface area contributed by atoms with E-state index in [1.54, 1.807) is 54.7 Å². The van der Waals surface area contributed by atoms with Crippen molar-refractivity contribution < 1.29 is 13.2 Å². The highest BCUT2D eigenvalue weighted by atomic mass is 32.2. The predicted octanol–water partition coefficient (Wildman–Crippen LogP) is 4.28. The van der Waals surface area contributed by atoms with Crippen molar-refractivity contribution in [3.63, 3.8) is 0 Å². The monoisotopic (exact) mass is 450 g/mol. The maximum atomic E-state index is 13.2. The molecule has 1 amide bonds. The molecule has 4 aromatic rings. The van der Waals surface area contributed by atoms with Crippen LogP contribution in [0.4, 0.5) is 17.1 Å². The largest absolute Gasteiger partial charge is 0.397 e. The van der Waals surface area contributed by atoms with Gasteiger partial charge < -0.3 is 5.73 Å². The molecule has 3 heterocycles. The summed E-state index contributed by atoms with van der Waals surface area (Å²) in [5.74, 6) is -0.429. The summed E-state index contributed by atoms with van der Waals surface area (Å²) < 4.78 is 27.6. The van der Waals surface area contributed by atoms with Gasteiger partial charge in [0.15, 0.2) is 0 Å². The summed E-state index contributed by atoms with van der Waals surface area (Å²) in [6.45, 7) is 3.54. The normalized spacial score (nSPS) is 11.2. The van der Waals surface area contributed by atoms with Gasteiger partial charge in [0.2, 0.25) is 0 Å². The number of amides is 1. The van der Waals surface area contributed by atoms with Crippen molar-refractivity contribution in [1.82, 2.24) is 8.96 Å². The summed E-state index contributed by atoms with van der Waals surface area (Å²) in [4.78, 5) is 18.9. The highest BCUT2D eigenvalue weighted by Crippen LogP contribution is 2.34. The summed E-state index contributed by atoms with van der Waals surface area (Å²) >= 11 is 1.13. The number of nitrogen functional groups attached to an aromatic ring is 1. The van der Waals surface area contributed by atoms with Crippen molar-refractivity contribution in [2.24, 2.45) is 0 Å². The van der Waals surface area contributed by atoms with Crippen LogP contribution in [-0.2, 0) is 14.8 Å². The van der Waals surface area contributed by atoms with E-state index in [-0.39, 0.29) is 4.21 Å². The number of carbonyl (C=O) groups excluding carboxylic acids is 1. The Kier molecular flexibility index (Phi) is 5.45. The van der Waals surface area contributed by atoms with E-state index in [1.165, 1.54) is 17.3 Å². The van der Waals surface area contributed by atoms with Gasteiger partial charge in [-0.25, -0.2) is 3.97 Å². The second-order valence-electron chi connectivity index (χ2n) is 6.47. The molecule has 0 saturated carbocycles. The average Bonchev–Trinajstić information content (AvgIpc) is 3.47. The molecule has 3 aromatic heterocycles. The number of aromatic nitrogens is 2. The topological polar surface area (TPSA) is 98.3 Å². The van der Waals surface area contributed by atoms with Gasteiger partial charge in [0.25, 0.3) is 15.9 Å². The fourth-order valence-corrected chi connectivity index (χ4v) is 5.60. The molecular weight excluding hydrogens is 432 g/mol. The Balaban J connectivity index is 1.72. The first-order chi connectivity index (χ1) is 14.9. The molecule has 7 nitrogen and oxygen atoms in total. The molecule has 0 bridgehead atoms. The zero-order chi connectivity index (χ0) is 22.0. The Labute approximate surface area is 183 Å². The Morgan fingerprint density at radius 2 is 1.87 bits per heavy atom. The van der Waals surface area contributed by atoms with Crippen LogP contribution in [-0.4, -0.2) is 23.3 Å². The highest BCUT2D eigenvalue weighted by Gasteiger charge is 2.24. The lowest BCUT2D eigenvalue weighted by atomic mass is 10.2. The summed E-state index contributed by atoms with van der Waals surface area (Å²) in [5, 5.41) is 0. The van der Waals surface area contributed by atoms with Crippen LogP contribution in [0.15, 0.2) is 96.1 Å². The first kappa shape index (κ1) is 20.6. The maximum absolute atomic E-state index is 13.2. The fourth-order valence-electron chi connectivity index (χ4n) is 3.02. The molecule has 0 aliphatic carbocycles. The Morgan fingerprint density at radius 1 is 1.10 bits per heavy atom. The lowest BCUT2D eigenvalue weighted by Crippen LogP contribution is -2.24. The molecule has 0 saturated heterocycles. The molecule has 0 spiro atoms. The lowest BCUT2D eigenvalue weighted by Gasteiger charge is -2.21. The van der Waals surface area contributed by atoms with E-state index < -0.39 is 15.9 Å². The van der Waals surface area contributed by atoms with E-state index in [1.807, 2.05) is 12.1 Å². The first-order valence-corrected chi connectivity index (χ1v) is 11.4. The van der Waals surface area contributed by atoms with Gasteiger partial charge in [-0.3, -0.25) is 14.7 Å². The molecule has 4 rings (SSSR count). The van der Waals surface area contributed by atoms with E-state index in [0.717, 1.165) is 26.3 Å². The molecule has 0 atom stereocenters. The number of benzene rings is 1. The maximum Gasteiger partial charge on any atom is 0.277 e. The van der Waals surface area contributed by atoms with Crippen molar-refractivity contribution in [2.45, 2.75) is 4.21 Å². The molecule has 1 aromatic carbocycles. The van der Waals surface area contributed by atoms with Gasteiger partial charge in [0.1, 0.15) is 4.21 Å². The average molecular weight is 451 g/mol. The van der Waals surface area contributed by atoms with Crippen molar-refractivity contribution in [3.8, 4) is 10.6 Å². The van der Waals surface area contributed by atoms with Crippen molar-refractivity contribution in [1.29, 1.82) is 0 Å². The number of hydrogen-bond donors (Lipinski definition) is 1. The first-order valence-electron chi connectivity index (χ1n) is 9.17. The van der Waals surface area contributed by atoms with E-state index >= 15 is 0 Å². The third-order valence-corrected chi connectivity index (χ3v) is 7.72. The van der Waals surface area contributed by atoms with Crippen LogP contribution in [0, 0.1) is 0 Å². The van der Waals surface area contributed by atoms with E-state index in [4.69, 9.17) is 5.73 Å². The van der Waals surface area contributed by atoms with E-state index in [0.29, 0.717) is 22.8 Å². The molecule has 0 aliphatic heterocycles. The van der Waals surface area contributed by atoms with Gasteiger partial charge >= 0.3 is 0 Å². The van der Waals surface area contributed by atoms with Crippen molar-refractivity contribution in [2.75, 3.05) is 10.6 Å². The number of thiophene rings is 1. The summed E-state index contributed by atoms with van der Waals surface area (Å²) in [5.41, 5.74) is 7.91. The number of para-hydroxylation sites is 2. The van der Waals surface area contributed by atoms with Crippen LogP contribution in [0.25, 0.3) is 10.6 Å². The van der Waals surface area contributed by atoms with Crippen molar-refractivity contribution >= 4 is 44.3 Å². The minimum Gasteiger partial charge on any atom is -0.397 e. The second kappa shape index (κ2) is 8.21. The standard InChI is InChI=1S/C22H18N4O3S2/c1-2-21(27)26(19-9-4-3-7-17(19)23)16-12-14-25(15-16)31(28,29)22-11-10-20(30-22)18-8-5-6-13-24-18/h2-15H,1,23H2. The van der Waals surface area contributed by atoms with Gasteiger partial charge in [-0.1, -0.05) is 24.8 Å². The Bertz CT molecular complexity index is 1360. The minimum absolute atomic E-state index is 0.163. The Morgan fingerprint density at radius 3 is 2.58 bits per heavy atom. The van der Waals surface area contributed by atoms with Gasteiger partial charge in [0.05, 0.1) is 27.6 Å². The smallest absolute Gasteiger partial charge is 0.277 e. The molecule has 156 valence electrons. The van der Waals surface area contributed by atoms with Gasteiger partial charge in [-0.05, 0) is 48.5 Å². The van der Waals surface area contributed by atoms with Crippen LogP contribution in [0.1, 0.15) is 0 Å². The number of carbonyl (C=O) groups is 1. The second-order valence-corrected chi connectivity index (χ2v) is 9.63. The van der Waals surface area contributed by atoms with Gasteiger partial charge in [0, 0.05) is 18.6 Å². The quantitative estimate of drug-likeness (QED) is 0.349. The van der Waals surface area contributed by atoms with Crippen LogP contribution < -0.4 is 10.6 Å². The molecular formula is C22H18N4O3S2. The lowest BCUT2D eigenvalue weighted by molar-refractivity contribution is -0.113. The van der Waals surface area contributed by atoms with Crippen molar-refractivity contribution in [3.05, 3.63) is 91.9 Å². The summed E-state index contributed by atoms with van der Waals surface area (Å²) in [6.07, 6.45) is 5.58. The van der Waals surface area contributed by atoms with E-state index in [9.17, 15) is 13.2 Å². The molecule has 2 N–H and O–H groups in total. The molecule has 0 radical (unpaired) electrons. The Hall–Kier alpha value is -3.69. The van der Waals surface area contributed by atoms with Crippen LogP contribution in [0.3, 0.4) is 0 Å². The molecule has 9 heteroatoms. The molecule has 31 heavy (non-hydrogen) atoms. The van der Waals surface area contributed by atoms with Crippen LogP contribution >= 0.6 is 11.3 Å². The number of hydrogen-bond acceptors (Lipinski definition) is 6. The van der Waals surface area contributed by atoms with Gasteiger partial charge in [-0.2, -0.15) is 8.42 Å². The van der Waals surface area contributed by atoms with Crippen LogP contribution in [0.2, 0.25) is 0 Å². The zero-order valence-electron chi connectivity index (χ0n) is 16.3. The molecule has 0 fully saturated rings. The molecule has 0 unspecified atom stereocenters. The minimum atomic E-state index is -3.85. The summed E-state index contributed by atoms with van der Waals surface area (Å²) in [7, 11) is -3.85. The number of nitrogens with two attached hydrogens (primary N) is 1. The van der Waals surface area contributed by atoms with E-state index in [2.05, 4.69) is 11.6 Å². The van der Waals surface area contributed by atoms with Crippen LogP contribution in [0.5, 0.6) is 0 Å². The molecule has 0 aliphatic rings. The third kappa shape index (κ3) is 3.88. The third-order valence-electron chi connectivity index (χ3n) is 4.51. The number of pyridine rings is 1. The predicted molar refractivity (Wildman–Crippen MR) is 123 cm³/mol. The van der Waals surface area contributed by atoms with Gasteiger partial charge in [-0.15, -0.1) is 11.3 Å². The summed E-state index contributed by atoms with van der Waals surface area (Å²) in [6, 6.07) is 17.1. The zero-order valence-corrected chi connectivity index (χ0v) is 17.9. The number of rotatable bonds is 6. The highest BCUT2D eigenvalue weighted by molar-refractivity contribution is 7.92. The SMILES string of the molecule is C=CC(=O)N(c1ccn(S(=O)(=O)c2ccc(-c3ccccn3)s2)c1)c1ccccc1N. The number of nitrogens with zero attached hydrogens (tertiary/aromatic N) is 3.